The van der Waals surface area contributed by atoms with Crippen molar-refractivity contribution in [1.29, 1.82) is 0 Å². The molecule has 3 heterocycles. The Morgan fingerprint density at radius 1 is 1.50 bits per heavy atom. The van der Waals surface area contributed by atoms with Gasteiger partial charge in [-0.2, -0.15) is 0 Å². The van der Waals surface area contributed by atoms with E-state index in [-0.39, 0.29) is 5.91 Å². The SMILES string of the molecule is Cc1cc(N2C[C@@]34C=C[C@@H](O3)[C@H](C(=O)O)[C@@H]4C2=O)ccc1Cl. The minimum absolute atomic E-state index is 0.194. The van der Waals surface area contributed by atoms with E-state index < -0.39 is 29.5 Å². The van der Waals surface area contributed by atoms with Crippen LogP contribution < -0.4 is 4.90 Å². The van der Waals surface area contributed by atoms with Crippen molar-refractivity contribution in [3.63, 3.8) is 0 Å². The minimum Gasteiger partial charge on any atom is -0.481 e. The molecule has 3 aliphatic rings. The van der Waals surface area contributed by atoms with Crippen LogP contribution in [0.4, 0.5) is 5.69 Å². The largest absolute Gasteiger partial charge is 0.481 e. The molecule has 0 aliphatic carbocycles. The zero-order chi connectivity index (χ0) is 15.6. The fourth-order valence-electron chi connectivity index (χ4n) is 3.80. The number of halogens is 1. The van der Waals surface area contributed by atoms with E-state index in [0.717, 1.165) is 11.3 Å². The van der Waals surface area contributed by atoms with E-state index in [2.05, 4.69) is 0 Å². The maximum absolute atomic E-state index is 12.8. The maximum Gasteiger partial charge on any atom is 0.310 e. The molecule has 3 aliphatic heterocycles. The number of carbonyl (C=O) groups excluding carboxylic acids is 1. The first-order chi connectivity index (χ1) is 10.4. The monoisotopic (exact) mass is 319 g/mol. The molecule has 1 N–H and O–H groups in total. The van der Waals surface area contributed by atoms with Gasteiger partial charge in [-0.05, 0) is 30.7 Å². The molecule has 5 nitrogen and oxygen atoms in total. The molecule has 6 heteroatoms. The van der Waals surface area contributed by atoms with Crippen molar-refractivity contribution in [2.75, 3.05) is 11.4 Å². The van der Waals surface area contributed by atoms with Crippen molar-refractivity contribution < 1.29 is 19.4 Å². The molecule has 4 rings (SSSR count). The summed E-state index contributed by atoms with van der Waals surface area (Å²) in [4.78, 5) is 25.9. The van der Waals surface area contributed by atoms with Gasteiger partial charge in [0.2, 0.25) is 5.91 Å². The average Bonchev–Trinajstić information content (AvgIpc) is 3.10. The average molecular weight is 320 g/mol. The van der Waals surface area contributed by atoms with Crippen molar-refractivity contribution in [1.82, 2.24) is 0 Å². The van der Waals surface area contributed by atoms with Gasteiger partial charge in [0.05, 0.1) is 18.6 Å². The molecule has 1 aromatic rings. The van der Waals surface area contributed by atoms with Gasteiger partial charge < -0.3 is 14.7 Å². The number of amides is 1. The van der Waals surface area contributed by atoms with Gasteiger partial charge in [-0.3, -0.25) is 9.59 Å². The molecule has 0 unspecified atom stereocenters. The van der Waals surface area contributed by atoms with Crippen LogP contribution in [-0.4, -0.2) is 35.2 Å². The lowest BCUT2D eigenvalue weighted by atomic mass is 9.77. The topological polar surface area (TPSA) is 66.8 Å². The number of fused-ring (bicyclic) bond motifs is 1. The number of anilines is 1. The van der Waals surface area contributed by atoms with Crippen LogP contribution in [0.25, 0.3) is 0 Å². The standard InChI is InChI=1S/C16H14ClNO4/c1-8-6-9(2-3-10(8)17)18-7-16-5-4-11(22-16)12(15(20)21)13(16)14(18)19/h2-6,11-13H,7H2,1H3,(H,20,21)/t11-,12+,13-,16-/m1/s1. The Morgan fingerprint density at radius 3 is 2.95 bits per heavy atom. The van der Waals surface area contributed by atoms with E-state index in [1.165, 1.54) is 0 Å². The molecule has 22 heavy (non-hydrogen) atoms. The Bertz CT molecular complexity index is 731. The van der Waals surface area contributed by atoms with E-state index in [9.17, 15) is 14.7 Å². The fraction of sp³-hybridized carbons (Fsp3) is 0.375. The van der Waals surface area contributed by atoms with E-state index >= 15 is 0 Å². The summed E-state index contributed by atoms with van der Waals surface area (Å²) in [6.45, 7) is 2.21. The number of benzene rings is 1. The molecule has 1 amide bonds. The summed E-state index contributed by atoms with van der Waals surface area (Å²) >= 11 is 6.03. The van der Waals surface area contributed by atoms with Gasteiger partial charge in [0, 0.05) is 10.7 Å². The lowest BCUT2D eigenvalue weighted by Crippen LogP contribution is -2.39. The Labute approximate surface area is 132 Å². The van der Waals surface area contributed by atoms with Crippen LogP contribution in [0, 0.1) is 18.8 Å². The number of hydrogen-bond donors (Lipinski definition) is 1. The Hall–Kier alpha value is -1.85. The third kappa shape index (κ3) is 1.63. The van der Waals surface area contributed by atoms with Crippen molar-refractivity contribution in [2.24, 2.45) is 11.8 Å². The summed E-state index contributed by atoms with van der Waals surface area (Å²) in [5.74, 6) is -2.64. The molecule has 0 aromatic heterocycles. The fourth-order valence-corrected chi connectivity index (χ4v) is 3.91. The first-order valence-electron chi connectivity index (χ1n) is 7.10. The van der Waals surface area contributed by atoms with E-state index in [0.29, 0.717) is 11.6 Å². The van der Waals surface area contributed by atoms with Gasteiger partial charge in [0.15, 0.2) is 0 Å². The lowest BCUT2D eigenvalue weighted by Gasteiger charge is -2.21. The van der Waals surface area contributed by atoms with Crippen molar-refractivity contribution >= 4 is 29.2 Å². The molecule has 0 radical (unpaired) electrons. The van der Waals surface area contributed by atoms with Crippen LogP contribution in [0.5, 0.6) is 0 Å². The van der Waals surface area contributed by atoms with Crippen molar-refractivity contribution in [3.05, 3.63) is 40.9 Å². The molecule has 4 atom stereocenters. The van der Waals surface area contributed by atoms with Gasteiger partial charge in [0.1, 0.15) is 11.5 Å². The van der Waals surface area contributed by atoms with Gasteiger partial charge in [-0.15, -0.1) is 0 Å². The highest BCUT2D eigenvalue weighted by Gasteiger charge is 2.67. The predicted octanol–water partition coefficient (Wildman–Crippen LogP) is 2.02. The quantitative estimate of drug-likeness (QED) is 0.847. The third-order valence-corrected chi connectivity index (χ3v) is 5.26. The molecule has 1 spiro atoms. The summed E-state index contributed by atoms with van der Waals surface area (Å²) in [5.41, 5.74) is 0.788. The second-order valence-corrected chi connectivity index (χ2v) is 6.50. The molecule has 114 valence electrons. The van der Waals surface area contributed by atoms with E-state index in [1.54, 1.807) is 23.1 Å². The van der Waals surface area contributed by atoms with Crippen LogP contribution in [0.3, 0.4) is 0 Å². The Morgan fingerprint density at radius 2 is 2.27 bits per heavy atom. The zero-order valence-corrected chi connectivity index (χ0v) is 12.6. The number of rotatable bonds is 2. The van der Waals surface area contributed by atoms with Gasteiger partial charge in [-0.25, -0.2) is 0 Å². The predicted molar refractivity (Wildman–Crippen MR) is 79.9 cm³/mol. The second-order valence-electron chi connectivity index (χ2n) is 6.10. The van der Waals surface area contributed by atoms with Crippen LogP contribution >= 0.6 is 11.6 Å². The van der Waals surface area contributed by atoms with E-state index in [4.69, 9.17) is 16.3 Å². The van der Waals surface area contributed by atoms with E-state index in [1.807, 2.05) is 19.1 Å². The number of ether oxygens (including phenoxy) is 1. The van der Waals surface area contributed by atoms with Crippen LogP contribution in [-0.2, 0) is 14.3 Å². The maximum atomic E-state index is 12.8. The minimum atomic E-state index is -0.983. The second kappa shape index (κ2) is 4.33. The summed E-state index contributed by atoms with van der Waals surface area (Å²) in [5, 5.41) is 10.1. The van der Waals surface area contributed by atoms with Gasteiger partial charge in [-0.1, -0.05) is 23.8 Å². The number of carbonyl (C=O) groups is 2. The summed E-state index contributed by atoms with van der Waals surface area (Å²) in [6.07, 6.45) is 3.11. The molecular formula is C16H14ClNO4. The van der Waals surface area contributed by atoms with Crippen LogP contribution in [0.15, 0.2) is 30.4 Å². The molecule has 1 aromatic carbocycles. The lowest BCUT2D eigenvalue weighted by molar-refractivity contribution is -0.146. The number of aliphatic carboxylic acids is 1. The summed E-state index contributed by atoms with van der Waals surface area (Å²) < 4.78 is 5.85. The van der Waals surface area contributed by atoms with Crippen molar-refractivity contribution in [2.45, 2.75) is 18.6 Å². The number of hydrogen-bond acceptors (Lipinski definition) is 3. The number of nitrogens with zero attached hydrogens (tertiary/aromatic N) is 1. The van der Waals surface area contributed by atoms with Crippen LogP contribution in [0.1, 0.15) is 5.56 Å². The van der Waals surface area contributed by atoms with Gasteiger partial charge >= 0.3 is 5.97 Å². The smallest absolute Gasteiger partial charge is 0.310 e. The molecule has 0 saturated carbocycles. The Kier molecular flexibility index (Phi) is 2.72. The van der Waals surface area contributed by atoms with Crippen molar-refractivity contribution in [3.8, 4) is 0 Å². The first kappa shape index (κ1) is 13.8. The highest BCUT2D eigenvalue weighted by Crippen LogP contribution is 2.52. The Balaban J connectivity index is 1.74. The highest BCUT2D eigenvalue weighted by atomic mass is 35.5. The summed E-state index contributed by atoms with van der Waals surface area (Å²) in [6, 6.07) is 5.36. The first-order valence-corrected chi connectivity index (χ1v) is 7.48. The zero-order valence-electron chi connectivity index (χ0n) is 11.8. The summed E-state index contributed by atoms with van der Waals surface area (Å²) in [7, 11) is 0. The number of aryl methyl sites for hydroxylation is 1. The molecule has 2 fully saturated rings. The molecule has 2 bridgehead atoms. The number of carboxylic acid groups (broad SMARTS) is 1. The normalized spacial score (nSPS) is 35.3. The van der Waals surface area contributed by atoms with Gasteiger partial charge in [0.25, 0.3) is 0 Å². The molecular weight excluding hydrogens is 306 g/mol. The third-order valence-electron chi connectivity index (χ3n) is 4.84. The molecule has 2 saturated heterocycles. The van der Waals surface area contributed by atoms with Crippen LogP contribution in [0.2, 0.25) is 5.02 Å². The highest BCUT2D eigenvalue weighted by molar-refractivity contribution is 6.31. The number of carboxylic acids is 1.